The number of hydrogen-bond acceptors (Lipinski definition) is 4. The Balaban J connectivity index is 1.91. The summed E-state index contributed by atoms with van der Waals surface area (Å²) >= 11 is 0. The molecule has 2 aromatic rings. The molecule has 28 heavy (non-hydrogen) atoms. The van der Waals surface area contributed by atoms with Gasteiger partial charge >= 0.3 is 0 Å². The predicted octanol–water partition coefficient (Wildman–Crippen LogP) is 3.84. The van der Waals surface area contributed by atoms with Gasteiger partial charge in [-0.05, 0) is 82.1 Å². The standard InChI is InChI=1S/C22H30N4O2/c1-14(2)20-16(9-6-7-11-26(4)5)15(3)23-18(20)13-17-21(24-25-22(17)27)19-10-8-12-28-19/h8,10,12-14,23H,6-7,9,11H2,1-5H3,(H,25,27)/b17-13+. The van der Waals surface area contributed by atoms with Crippen LogP contribution in [0.1, 0.15) is 60.9 Å². The van der Waals surface area contributed by atoms with Crippen molar-refractivity contribution in [1.29, 1.82) is 0 Å². The number of carbonyl (C=O) groups is 1. The van der Waals surface area contributed by atoms with Crippen molar-refractivity contribution in [3.63, 3.8) is 0 Å². The van der Waals surface area contributed by atoms with Gasteiger partial charge in [0, 0.05) is 11.4 Å². The highest BCUT2D eigenvalue weighted by Crippen LogP contribution is 2.30. The molecule has 1 aliphatic rings. The van der Waals surface area contributed by atoms with Crippen LogP contribution in [-0.4, -0.2) is 42.1 Å². The largest absolute Gasteiger partial charge is 0.463 e. The summed E-state index contributed by atoms with van der Waals surface area (Å²) in [6.07, 6.45) is 6.85. The van der Waals surface area contributed by atoms with E-state index in [1.54, 1.807) is 12.3 Å². The molecular formula is C22H30N4O2. The van der Waals surface area contributed by atoms with Crippen molar-refractivity contribution in [2.75, 3.05) is 20.6 Å². The van der Waals surface area contributed by atoms with Crippen LogP contribution in [-0.2, 0) is 11.2 Å². The minimum atomic E-state index is -0.208. The lowest BCUT2D eigenvalue weighted by atomic mass is 9.93. The topological polar surface area (TPSA) is 73.6 Å². The fraction of sp³-hybridized carbons (Fsp3) is 0.455. The summed E-state index contributed by atoms with van der Waals surface area (Å²) in [5.74, 6) is 0.734. The normalized spacial score (nSPS) is 15.8. The number of rotatable bonds is 8. The van der Waals surface area contributed by atoms with Gasteiger partial charge in [0.25, 0.3) is 5.91 Å². The summed E-state index contributed by atoms with van der Waals surface area (Å²) in [6.45, 7) is 7.61. The molecule has 150 valence electrons. The average molecular weight is 383 g/mol. The maximum absolute atomic E-state index is 12.4. The van der Waals surface area contributed by atoms with E-state index in [0.29, 0.717) is 23.0 Å². The Hall–Kier alpha value is -2.60. The second-order valence-electron chi connectivity index (χ2n) is 7.91. The Labute approximate surface area is 166 Å². The van der Waals surface area contributed by atoms with Crippen molar-refractivity contribution in [2.24, 2.45) is 5.10 Å². The molecule has 1 amide bonds. The van der Waals surface area contributed by atoms with Crippen LogP contribution in [0.15, 0.2) is 33.5 Å². The van der Waals surface area contributed by atoms with Crippen molar-refractivity contribution < 1.29 is 9.21 Å². The Kier molecular flexibility index (Phi) is 6.19. The van der Waals surface area contributed by atoms with Crippen LogP contribution in [0.4, 0.5) is 0 Å². The third kappa shape index (κ3) is 4.28. The van der Waals surface area contributed by atoms with Crippen LogP contribution in [0.2, 0.25) is 0 Å². The molecule has 0 atom stereocenters. The van der Waals surface area contributed by atoms with E-state index in [1.807, 2.05) is 12.1 Å². The zero-order valence-corrected chi connectivity index (χ0v) is 17.4. The number of nitrogens with zero attached hydrogens (tertiary/aromatic N) is 2. The molecule has 0 aromatic carbocycles. The summed E-state index contributed by atoms with van der Waals surface area (Å²) in [6, 6.07) is 3.61. The Morgan fingerprint density at radius 1 is 1.29 bits per heavy atom. The van der Waals surface area contributed by atoms with E-state index < -0.39 is 0 Å². The number of hydrogen-bond donors (Lipinski definition) is 2. The molecule has 0 bridgehead atoms. The fourth-order valence-corrected chi connectivity index (χ4v) is 3.75. The van der Waals surface area contributed by atoms with Gasteiger partial charge in [-0.15, -0.1) is 0 Å². The van der Waals surface area contributed by atoms with Crippen LogP contribution in [0.5, 0.6) is 0 Å². The molecule has 0 saturated carbocycles. The van der Waals surface area contributed by atoms with Gasteiger partial charge < -0.3 is 14.3 Å². The molecular weight excluding hydrogens is 352 g/mol. The van der Waals surface area contributed by atoms with E-state index in [2.05, 4.69) is 55.3 Å². The van der Waals surface area contributed by atoms with E-state index in [-0.39, 0.29) is 5.91 Å². The predicted molar refractivity (Wildman–Crippen MR) is 112 cm³/mol. The van der Waals surface area contributed by atoms with Crippen LogP contribution in [0.25, 0.3) is 6.08 Å². The van der Waals surface area contributed by atoms with Crippen LogP contribution < -0.4 is 5.43 Å². The molecule has 6 heteroatoms. The van der Waals surface area contributed by atoms with Crippen molar-refractivity contribution in [3.8, 4) is 0 Å². The molecule has 0 fully saturated rings. The number of unbranched alkanes of at least 4 members (excludes halogenated alkanes) is 1. The van der Waals surface area contributed by atoms with E-state index in [4.69, 9.17) is 4.42 Å². The van der Waals surface area contributed by atoms with Gasteiger partial charge in [0.15, 0.2) is 5.76 Å². The zero-order chi connectivity index (χ0) is 20.3. The summed E-state index contributed by atoms with van der Waals surface area (Å²) in [5.41, 5.74) is 8.44. The molecule has 2 N–H and O–H groups in total. The molecule has 3 heterocycles. The molecule has 0 saturated heterocycles. The van der Waals surface area contributed by atoms with Crippen LogP contribution in [0, 0.1) is 6.92 Å². The first-order chi connectivity index (χ1) is 13.4. The maximum atomic E-state index is 12.4. The number of aromatic nitrogens is 1. The highest BCUT2D eigenvalue weighted by atomic mass is 16.3. The molecule has 0 unspecified atom stereocenters. The van der Waals surface area contributed by atoms with Gasteiger partial charge in [-0.2, -0.15) is 5.10 Å². The second kappa shape index (κ2) is 8.61. The first-order valence-corrected chi connectivity index (χ1v) is 9.88. The molecule has 0 spiro atoms. The number of H-pyrrole nitrogens is 1. The summed E-state index contributed by atoms with van der Waals surface area (Å²) in [7, 11) is 4.21. The number of amides is 1. The highest BCUT2D eigenvalue weighted by molar-refractivity contribution is 6.32. The van der Waals surface area contributed by atoms with Crippen LogP contribution in [0.3, 0.4) is 0 Å². The zero-order valence-electron chi connectivity index (χ0n) is 17.4. The molecule has 2 aromatic heterocycles. The van der Waals surface area contributed by atoms with Gasteiger partial charge in [0.2, 0.25) is 0 Å². The maximum Gasteiger partial charge on any atom is 0.273 e. The molecule has 0 aliphatic carbocycles. The van der Waals surface area contributed by atoms with E-state index in [9.17, 15) is 4.79 Å². The second-order valence-corrected chi connectivity index (χ2v) is 7.91. The lowest BCUT2D eigenvalue weighted by Gasteiger charge is -2.12. The molecule has 3 rings (SSSR count). The summed E-state index contributed by atoms with van der Waals surface area (Å²) < 4.78 is 5.45. The number of nitrogens with one attached hydrogen (secondary N) is 2. The monoisotopic (exact) mass is 382 g/mol. The number of aromatic amines is 1. The van der Waals surface area contributed by atoms with Gasteiger partial charge in [0.05, 0.1) is 11.8 Å². The summed E-state index contributed by atoms with van der Waals surface area (Å²) in [4.78, 5) is 18.1. The molecule has 1 aliphatic heterocycles. The van der Waals surface area contributed by atoms with Crippen LogP contribution >= 0.6 is 0 Å². The quantitative estimate of drug-likeness (QED) is 0.538. The van der Waals surface area contributed by atoms with E-state index in [1.165, 1.54) is 23.2 Å². The fourth-order valence-electron chi connectivity index (χ4n) is 3.75. The van der Waals surface area contributed by atoms with Crippen molar-refractivity contribution >= 4 is 17.7 Å². The number of furan rings is 1. The van der Waals surface area contributed by atoms with E-state index in [0.717, 1.165) is 25.1 Å². The van der Waals surface area contributed by atoms with E-state index >= 15 is 0 Å². The lowest BCUT2D eigenvalue weighted by Crippen LogP contribution is -2.13. The average Bonchev–Trinajstić information content (AvgIpc) is 3.33. The van der Waals surface area contributed by atoms with Gasteiger partial charge in [0.1, 0.15) is 5.71 Å². The first kappa shape index (κ1) is 20.1. The minimum Gasteiger partial charge on any atom is -0.463 e. The Morgan fingerprint density at radius 2 is 2.07 bits per heavy atom. The Morgan fingerprint density at radius 3 is 2.71 bits per heavy atom. The number of aryl methyl sites for hydroxylation is 1. The third-order valence-corrected chi connectivity index (χ3v) is 5.06. The highest BCUT2D eigenvalue weighted by Gasteiger charge is 2.27. The number of carbonyl (C=O) groups excluding carboxylic acids is 1. The Bertz CT molecular complexity index is 886. The minimum absolute atomic E-state index is 0.208. The van der Waals surface area contributed by atoms with Gasteiger partial charge in [-0.1, -0.05) is 13.8 Å². The van der Waals surface area contributed by atoms with Gasteiger partial charge in [-0.25, -0.2) is 5.43 Å². The smallest absolute Gasteiger partial charge is 0.273 e. The third-order valence-electron chi connectivity index (χ3n) is 5.06. The SMILES string of the molecule is Cc1[nH]c(/C=C2/C(=O)NN=C2c2ccco2)c(C(C)C)c1CCCCN(C)C. The van der Waals surface area contributed by atoms with Gasteiger partial charge in [-0.3, -0.25) is 4.79 Å². The molecule has 0 radical (unpaired) electrons. The molecule has 6 nitrogen and oxygen atoms in total. The lowest BCUT2D eigenvalue weighted by molar-refractivity contribution is -0.116. The van der Waals surface area contributed by atoms with Crippen molar-refractivity contribution in [3.05, 3.63) is 52.2 Å². The van der Waals surface area contributed by atoms with Crippen molar-refractivity contribution in [1.82, 2.24) is 15.3 Å². The summed E-state index contributed by atoms with van der Waals surface area (Å²) in [5, 5.41) is 4.15. The first-order valence-electron chi connectivity index (χ1n) is 9.88. The number of hydrazone groups is 1. The van der Waals surface area contributed by atoms with Crippen molar-refractivity contribution in [2.45, 2.75) is 46.0 Å².